The first-order valence-electron chi connectivity index (χ1n) is 6.99. The number of amides is 5. The molecule has 1 aliphatic rings. The molecule has 5 amide bonds. The molecule has 0 unspecified atom stereocenters. The van der Waals surface area contributed by atoms with Gasteiger partial charge in [0.15, 0.2) is 5.92 Å². The second-order valence-corrected chi connectivity index (χ2v) is 4.96. The van der Waals surface area contributed by atoms with Crippen molar-refractivity contribution in [2.24, 2.45) is 5.92 Å². The van der Waals surface area contributed by atoms with Crippen LogP contribution in [0.25, 0.3) is 0 Å². The van der Waals surface area contributed by atoms with Gasteiger partial charge in [0.2, 0.25) is 5.91 Å². The van der Waals surface area contributed by atoms with Crippen molar-refractivity contribution in [3.63, 3.8) is 0 Å². The number of barbiturate groups is 1. The van der Waals surface area contributed by atoms with Gasteiger partial charge in [-0.3, -0.25) is 24.2 Å². The van der Waals surface area contributed by atoms with Crippen LogP contribution in [0.2, 0.25) is 0 Å². The fourth-order valence-corrected chi connectivity index (χ4v) is 2.15. The van der Waals surface area contributed by atoms with Crippen LogP contribution in [-0.2, 0) is 14.4 Å². The summed E-state index contributed by atoms with van der Waals surface area (Å²) in [4.78, 5) is 49.5. The van der Waals surface area contributed by atoms with E-state index in [-0.39, 0.29) is 0 Å². The summed E-state index contributed by atoms with van der Waals surface area (Å²) >= 11 is 0. The Morgan fingerprint density at radius 1 is 1.09 bits per heavy atom. The summed E-state index contributed by atoms with van der Waals surface area (Å²) in [6.07, 6.45) is 0. The average molecular weight is 319 g/mol. The fourth-order valence-electron chi connectivity index (χ4n) is 2.15. The van der Waals surface area contributed by atoms with Crippen molar-refractivity contribution in [1.82, 2.24) is 9.80 Å². The normalized spacial score (nSPS) is 15.9. The van der Waals surface area contributed by atoms with Gasteiger partial charge in [-0.1, -0.05) is 0 Å². The molecule has 122 valence electrons. The lowest BCUT2D eigenvalue weighted by molar-refractivity contribution is -0.151. The molecule has 0 saturated carbocycles. The van der Waals surface area contributed by atoms with Crippen LogP contribution < -0.4 is 10.1 Å². The van der Waals surface area contributed by atoms with E-state index < -0.39 is 29.7 Å². The lowest BCUT2D eigenvalue weighted by Crippen LogP contribution is -2.59. The third-order valence-electron chi connectivity index (χ3n) is 3.42. The zero-order valence-corrected chi connectivity index (χ0v) is 13.0. The number of hydrogen-bond donors (Lipinski definition) is 1. The SMILES string of the molecule is CCOc1ccc(NC(=O)C2C(=O)N(C)C(=O)N(C)C2=O)cc1. The smallest absolute Gasteiger partial charge is 0.332 e. The number of urea groups is 1. The first-order valence-corrected chi connectivity index (χ1v) is 6.99. The van der Waals surface area contributed by atoms with Gasteiger partial charge in [0.05, 0.1) is 6.61 Å². The second kappa shape index (κ2) is 6.47. The molecule has 1 aliphatic heterocycles. The van der Waals surface area contributed by atoms with Crippen LogP contribution in [0, 0.1) is 5.92 Å². The molecule has 0 atom stereocenters. The van der Waals surface area contributed by atoms with Crippen molar-refractivity contribution in [2.45, 2.75) is 6.92 Å². The van der Waals surface area contributed by atoms with Gasteiger partial charge in [0.1, 0.15) is 5.75 Å². The number of nitrogens with one attached hydrogen (secondary N) is 1. The molecule has 1 saturated heterocycles. The van der Waals surface area contributed by atoms with Gasteiger partial charge in [0, 0.05) is 19.8 Å². The van der Waals surface area contributed by atoms with Crippen molar-refractivity contribution in [1.29, 1.82) is 0 Å². The van der Waals surface area contributed by atoms with E-state index in [9.17, 15) is 19.2 Å². The maximum Gasteiger partial charge on any atom is 0.332 e. The minimum absolute atomic E-state index is 0.418. The zero-order valence-electron chi connectivity index (χ0n) is 13.0. The van der Waals surface area contributed by atoms with Gasteiger partial charge in [-0.15, -0.1) is 0 Å². The van der Waals surface area contributed by atoms with E-state index in [2.05, 4.69) is 5.32 Å². The maximum atomic E-state index is 12.2. The molecule has 1 heterocycles. The van der Waals surface area contributed by atoms with Crippen LogP contribution in [0.5, 0.6) is 5.75 Å². The summed E-state index contributed by atoms with van der Waals surface area (Å²) in [6, 6.07) is 5.75. The number of hydrogen-bond acceptors (Lipinski definition) is 5. The minimum Gasteiger partial charge on any atom is -0.494 e. The van der Waals surface area contributed by atoms with Crippen molar-refractivity contribution in [2.75, 3.05) is 26.0 Å². The lowest BCUT2D eigenvalue weighted by Gasteiger charge is -2.32. The van der Waals surface area contributed by atoms with Gasteiger partial charge in [-0.2, -0.15) is 0 Å². The molecule has 0 radical (unpaired) electrons. The predicted molar refractivity (Wildman–Crippen MR) is 80.7 cm³/mol. The van der Waals surface area contributed by atoms with Crippen LogP contribution >= 0.6 is 0 Å². The van der Waals surface area contributed by atoms with E-state index in [1.165, 1.54) is 14.1 Å². The van der Waals surface area contributed by atoms with Crippen molar-refractivity contribution >= 4 is 29.4 Å². The Bertz CT molecular complexity index is 632. The van der Waals surface area contributed by atoms with E-state index in [1.807, 2.05) is 6.92 Å². The number of rotatable bonds is 4. The molecule has 2 rings (SSSR count). The Morgan fingerprint density at radius 2 is 1.61 bits per heavy atom. The zero-order chi connectivity index (χ0) is 17.1. The highest BCUT2D eigenvalue weighted by molar-refractivity contribution is 6.27. The maximum absolute atomic E-state index is 12.2. The summed E-state index contributed by atoms with van der Waals surface area (Å²) < 4.78 is 5.28. The molecule has 1 aromatic carbocycles. The van der Waals surface area contributed by atoms with Crippen LogP contribution in [0.3, 0.4) is 0 Å². The molecular weight excluding hydrogens is 302 g/mol. The van der Waals surface area contributed by atoms with Gasteiger partial charge in [-0.25, -0.2) is 4.79 Å². The lowest BCUT2D eigenvalue weighted by atomic mass is 10.0. The highest BCUT2D eigenvalue weighted by atomic mass is 16.5. The van der Waals surface area contributed by atoms with Crippen molar-refractivity contribution < 1.29 is 23.9 Å². The fraction of sp³-hybridized carbons (Fsp3) is 0.333. The highest BCUT2D eigenvalue weighted by Gasteiger charge is 2.46. The second-order valence-electron chi connectivity index (χ2n) is 4.96. The topological polar surface area (TPSA) is 96.0 Å². The molecule has 0 bridgehead atoms. The van der Waals surface area contributed by atoms with Crippen LogP contribution in [0.1, 0.15) is 6.92 Å². The Hall–Kier alpha value is -2.90. The van der Waals surface area contributed by atoms with E-state index in [0.29, 0.717) is 18.0 Å². The van der Waals surface area contributed by atoms with Gasteiger partial charge >= 0.3 is 6.03 Å². The standard InChI is InChI=1S/C15H17N3O5/c1-4-23-10-7-5-9(6-8-10)16-12(19)11-13(20)17(2)15(22)18(3)14(11)21/h5-8,11H,4H2,1-3H3,(H,16,19). The van der Waals surface area contributed by atoms with E-state index in [1.54, 1.807) is 24.3 Å². The Balaban J connectivity index is 2.14. The van der Waals surface area contributed by atoms with E-state index >= 15 is 0 Å². The van der Waals surface area contributed by atoms with Crippen molar-refractivity contribution in [3.8, 4) is 5.75 Å². The number of ether oxygens (including phenoxy) is 1. The molecule has 8 heteroatoms. The Kier molecular flexibility index (Phi) is 4.63. The third kappa shape index (κ3) is 3.15. The molecular formula is C15H17N3O5. The number of imide groups is 2. The quantitative estimate of drug-likeness (QED) is 0.824. The number of anilines is 1. The monoisotopic (exact) mass is 319 g/mol. The van der Waals surface area contributed by atoms with Crippen LogP contribution in [0.4, 0.5) is 10.5 Å². The van der Waals surface area contributed by atoms with Gasteiger partial charge < -0.3 is 10.1 Å². The molecule has 1 aromatic rings. The number of benzene rings is 1. The summed E-state index contributed by atoms with van der Waals surface area (Å²) in [5.41, 5.74) is 0.418. The third-order valence-corrected chi connectivity index (χ3v) is 3.42. The average Bonchev–Trinajstić information content (AvgIpc) is 2.53. The Labute approximate surface area is 133 Å². The van der Waals surface area contributed by atoms with Gasteiger partial charge in [0.25, 0.3) is 11.8 Å². The van der Waals surface area contributed by atoms with Crippen LogP contribution in [0.15, 0.2) is 24.3 Å². The molecule has 1 fully saturated rings. The molecule has 1 N–H and O–H groups in total. The summed E-state index contributed by atoms with van der Waals surface area (Å²) in [5, 5.41) is 2.50. The Morgan fingerprint density at radius 3 is 2.09 bits per heavy atom. The summed E-state index contributed by atoms with van der Waals surface area (Å²) in [6.45, 7) is 2.37. The molecule has 0 aromatic heterocycles. The van der Waals surface area contributed by atoms with Crippen molar-refractivity contribution in [3.05, 3.63) is 24.3 Å². The molecule has 23 heavy (non-hydrogen) atoms. The largest absolute Gasteiger partial charge is 0.494 e. The summed E-state index contributed by atoms with van der Waals surface area (Å²) in [5.74, 6) is -3.41. The van der Waals surface area contributed by atoms with Gasteiger partial charge in [-0.05, 0) is 31.2 Å². The summed E-state index contributed by atoms with van der Waals surface area (Å²) in [7, 11) is 2.45. The van der Waals surface area contributed by atoms with E-state index in [0.717, 1.165) is 9.80 Å². The molecule has 8 nitrogen and oxygen atoms in total. The molecule has 0 spiro atoms. The first-order chi connectivity index (χ1) is 10.9. The predicted octanol–water partition coefficient (Wildman–Crippen LogP) is 0.690. The number of nitrogens with zero attached hydrogens (tertiary/aromatic N) is 2. The number of carbonyl (C=O) groups excluding carboxylic acids is 4. The minimum atomic E-state index is -1.57. The van der Waals surface area contributed by atoms with E-state index in [4.69, 9.17) is 4.74 Å². The highest BCUT2D eigenvalue weighted by Crippen LogP contribution is 2.19. The van der Waals surface area contributed by atoms with Crippen LogP contribution in [-0.4, -0.2) is 54.3 Å². The molecule has 0 aliphatic carbocycles. The number of carbonyl (C=O) groups is 4. The first kappa shape index (κ1) is 16.5.